The molecule has 0 aliphatic rings. The van der Waals surface area contributed by atoms with Crippen molar-refractivity contribution in [2.75, 3.05) is 0 Å². The molecule has 0 aliphatic carbocycles. The van der Waals surface area contributed by atoms with Crippen LogP contribution in [-0.4, -0.2) is 16.9 Å². The van der Waals surface area contributed by atoms with E-state index in [4.69, 9.17) is 16.0 Å². The minimum absolute atomic E-state index is 0.0499. The summed E-state index contributed by atoms with van der Waals surface area (Å²) in [5, 5.41) is 5.56. The Kier molecular flexibility index (Phi) is 5.15. The van der Waals surface area contributed by atoms with Crippen molar-refractivity contribution >= 4 is 40.2 Å². The van der Waals surface area contributed by atoms with Crippen molar-refractivity contribution in [3.63, 3.8) is 0 Å². The second-order valence-electron chi connectivity index (χ2n) is 5.13. The Morgan fingerprint density at radius 2 is 2.30 bits per heavy atom. The summed E-state index contributed by atoms with van der Waals surface area (Å²) in [6.07, 6.45) is 3.27. The molecule has 4 nitrogen and oxygen atoms in total. The Labute approximate surface area is 147 Å². The van der Waals surface area contributed by atoms with Gasteiger partial charge in [0.1, 0.15) is 16.5 Å². The van der Waals surface area contributed by atoms with Gasteiger partial charge < -0.3 is 9.73 Å². The molecule has 3 aromatic rings. The fraction of sp³-hybridized carbons (Fsp3) is 0.250. The number of furan rings is 1. The largest absolute Gasteiger partial charge is 0.469 e. The molecule has 0 saturated heterocycles. The average Bonchev–Trinajstić information content (AvgIpc) is 3.26. The third kappa shape index (κ3) is 4.22. The number of carbonyl (C=O) groups is 1. The van der Waals surface area contributed by atoms with E-state index in [-0.39, 0.29) is 11.9 Å². The van der Waals surface area contributed by atoms with Crippen LogP contribution in [0, 0.1) is 0 Å². The number of aromatic nitrogens is 1. The number of halogens is 1. The highest BCUT2D eigenvalue weighted by atomic mass is 35.5. The third-order valence-electron chi connectivity index (χ3n) is 3.30. The maximum absolute atomic E-state index is 12.3. The molecule has 0 aromatic carbocycles. The molecule has 3 aromatic heterocycles. The van der Waals surface area contributed by atoms with Crippen LogP contribution >= 0.6 is 34.3 Å². The zero-order chi connectivity index (χ0) is 16.2. The van der Waals surface area contributed by atoms with Crippen LogP contribution in [0.2, 0.25) is 4.34 Å². The minimum atomic E-state index is -0.151. The van der Waals surface area contributed by atoms with Crippen molar-refractivity contribution in [2.24, 2.45) is 0 Å². The van der Waals surface area contributed by atoms with E-state index in [0.29, 0.717) is 10.0 Å². The molecular weight excluding hydrogens is 352 g/mol. The first-order chi connectivity index (χ1) is 11.1. The van der Waals surface area contributed by atoms with Crippen LogP contribution < -0.4 is 5.32 Å². The average molecular weight is 367 g/mol. The lowest BCUT2D eigenvalue weighted by molar-refractivity contribution is 0.0934. The highest BCUT2D eigenvalue weighted by molar-refractivity contribution is 7.23. The van der Waals surface area contributed by atoms with E-state index in [1.165, 1.54) is 22.7 Å². The van der Waals surface area contributed by atoms with Gasteiger partial charge in [-0.2, -0.15) is 0 Å². The number of nitrogens with one attached hydrogen (secondary N) is 1. The van der Waals surface area contributed by atoms with Crippen molar-refractivity contribution in [3.8, 4) is 9.88 Å². The minimum Gasteiger partial charge on any atom is -0.469 e. The van der Waals surface area contributed by atoms with Gasteiger partial charge in [0.15, 0.2) is 0 Å². The number of hydrogen-bond acceptors (Lipinski definition) is 5. The molecule has 7 heteroatoms. The van der Waals surface area contributed by atoms with Gasteiger partial charge in [-0.3, -0.25) is 4.79 Å². The Morgan fingerprint density at radius 3 is 3.00 bits per heavy atom. The molecule has 1 atom stereocenters. The molecule has 0 radical (unpaired) electrons. The summed E-state index contributed by atoms with van der Waals surface area (Å²) in [6.45, 7) is 1.98. The number of rotatable bonds is 6. The summed E-state index contributed by atoms with van der Waals surface area (Å²) >= 11 is 8.84. The molecule has 23 heavy (non-hydrogen) atoms. The molecule has 1 N–H and O–H groups in total. The number of thiazole rings is 1. The van der Waals surface area contributed by atoms with Gasteiger partial charge in [0, 0.05) is 17.8 Å². The maximum atomic E-state index is 12.3. The quantitative estimate of drug-likeness (QED) is 0.677. The molecule has 0 spiro atoms. The molecule has 0 bridgehead atoms. The maximum Gasteiger partial charge on any atom is 0.270 e. The van der Waals surface area contributed by atoms with Gasteiger partial charge >= 0.3 is 0 Å². The normalized spacial score (nSPS) is 12.3. The Morgan fingerprint density at radius 1 is 1.43 bits per heavy atom. The predicted octanol–water partition coefficient (Wildman–Crippen LogP) is 4.87. The van der Waals surface area contributed by atoms with Crippen molar-refractivity contribution in [1.82, 2.24) is 10.3 Å². The van der Waals surface area contributed by atoms with Crippen LogP contribution in [0.5, 0.6) is 0 Å². The highest BCUT2D eigenvalue weighted by Crippen LogP contribution is 2.32. The molecule has 1 amide bonds. The van der Waals surface area contributed by atoms with Gasteiger partial charge in [-0.05, 0) is 37.6 Å². The fourth-order valence-corrected chi connectivity index (χ4v) is 4.02. The van der Waals surface area contributed by atoms with Crippen molar-refractivity contribution in [3.05, 3.63) is 51.7 Å². The number of nitrogens with zero attached hydrogens (tertiary/aromatic N) is 1. The van der Waals surface area contributed by atoms with Gasteiger partial charge in [-0.1, -0.05) is 11.6 Å². The zero-order valence-corrected chi connectivity index (χ0v) is 14.8. The van der Waals surface area contributed by atoms with Gasteiger partial charge in [-0.25, -0.2) is 4.98 Å². The second kappa shape index (κ2) is 7.29. The van der Waals surface area contributed by atoms with Crippen molar-refractivity contribution in [1.29, 1.82) is 0 Å². The van der Waals surface area contributed by atoms with Crippen LogP contribution in [0.15, 0.2) is 40.3 Å². The molecule has 3 rings (SSSR count). The number of aryl methyl sites for hydroxylation is 1. The molecule has 1 unspecified atom stereocenters. The van der Waals surface area contributed by atoms with Crippen LogP contribution in [0.3, 0.4) is 0 Å². The number of thiophene rings is 1. The second-order valence-corrected chi connectivity index (χ2v) is 7.71. The lowest BCUT2D eigenvalue weighted by Crippen LogP contribution is -2.33. The summed E-state index contributed by atoms with van der Waals surface area (Å²) < 4.78 is 6.01. The van der Waals surface area contributed by atoms with Crippen LogP contribution in [-0.2, 0) is 6.42 Å². The standard InChI is InChI=1S/C16H15ClN2O2S2/c1-10(4-5-11-3-2-8-21-11)18-15(20)12-9-22-16(19-12)13-6-7-14(17)23-13/h2-3,6-10H,4-5H2,1H3,(H,18,20). The monoisotopic (exact) mass is 366 g/mol. The molecular formula is C16H15ClN2O2S2. The number of carbonyl (C=O) groups excluding carboxylic acids is 1. The van der Waals surface area contributed by atoms with E-state index in [9.17, 15) is 4.79 Å². The van der Waals surface area contributed by atoms with Crippen molar-refractivity contribution in [2.45, 2.75) is 25.8 Å². The van der Waals surface area contributed by atoms with Crippen molar-refractivity contribution < 1.29 is 9.21 Å². The van der Waals surface area contributed by atoms with E-state index in [0.717, 1.165) is 28.5 Å². The fourth-order valence-electron chi connectivity index (χ4n) is 2.10. The summed E-state index contributed by atoms with van der Waals surface area (Å²) in [7, 11) is 0. The topological polar surface area (TPSA) is 55.1 Å². The third-order valence-corrected chi connectivity index (χ3v) is 5.54. The van der Waals surface area contributed by atoms with Gasteiger partial charge in [0.05, 0.1) is 15.5 Å². The molecule has 3 heterocycles. The molecule has 0 saturated carbocycles. The van der Waals surface area contributed by atoms with E-state index in [1.54, 1.807) is 11.6 Å². The van der Waals surface area contributed by atoms with Crippen LogP contribution in [0.25, 0.3) is 9.88 Å². The summed E-state index contributed by atoms with van der Waals surface area (Å²) in [6, 6.07) is 7.60. The predicted molar refractivity (Wildman–Crippen MR) is 94.4 cm³/mol. The molecule has 120 valence electrons. The first-order valence-electron chi connectivity index (χ1n) is 7.16. The Hall–Kier alpha value is -1.63. The van der Waals surface area contributed by atoms with Crippen LogP contribution in [0.1, 0.15) is 29.6 Å². The van der Waals surface area contributed by atoms with Gasteiger partial charge in [-0.15, -0.1) is 22.7 Å². The number of hydrogen-bond donors (Lipinski definition) is 1. The van der Waals surface area contributed by atoms with Crippen LogP contribution in [0.4, 0.5) is 0 Å². The summed E-state index contributed by atoms with van der Waals surface area (Å²) in [4.78, 5) is 17.6. The smallest absolute Gasteiger partial charge is 0.270 e. The summed E-state index contributed by atoms with van der Waals surface area (Å²) in [5.74, 6) is 0.777. The van der Waals surface area contributed by atoms with E-state index < -0.39 is 0 Å². The molecule has 0 aliphatic heterocycles. The van der Waals surface area contributed by atoms with Gasteiger partial charge in [0.2, 0.25) is 0 Å². The van der Waals surface area contributed by atoms with Gasteiger partial charge in [0.25, 0.3) is 5.91 Å². The van der Waals surface area contributed by atoms with E-state index >= 15 is 0 Å². The SMILES string of the molecule is CC(CCc1ccco1)NC(=O)c1csc(-c2ccc(Cl)s2)n1. The van der Waals surface area contributed by atoms with E-state index in [2.05, 4.69) is 10.3 Å². The lowest BCUT2D eigenvalue weighted by Gasteiger charge is -2.11. The summed E-state index contributed by atoms with van der Waals surface area (Å²) in [5.41, 5.74) is 0.444. The molecule has 0 fully saturated rings. The Balaban J connectivity index is 1.56. The lowest BCUT2D eigenvalue weighted by atomic mass is 10.1. The first-order valence-corrected chi connectivity index (χ1v) is 9.23. The Bertz CT molecular complexity index is 780. The number of amides is 1. The first kappa shape index (κ1) is 16.2. The highest BCUT2D eigenvalue weighted by Gasteiger charge is 2.15. The van der Waals surface area contributed by atoms with E-state index in [1.807, 2.05) is 31.2 Å². The zero-order valence-electron chi connectivity index (χ0n) is 12.4.